The van der Waals surface area contributed by atoms with Crippen molar-refractivity contribution in [2.45, 2.75) is 87.5 Å². The summed E-state index contributed by atoms with van der Waals surface area (Å²) in [5, 5.41) is 12.9. The van der Waals surface area contributed by atoms with Crippen molar-refractivity contribution in [3.63, 3.8) is 0 Å². The zero-order chi connectivity index (χ0) is 36.9. The first-order chi connectivity index (χ1) is 24.1. The van der Waals surface area contributed by atoms with Crippen molar-refractivity contribution in [2.24, 2.45) is 17.8 Å². The van der Waals surface area contributed by atoms with Crippen LogP contribution in [0, 0.1) is 23.6 Å². The molecule has 1 aromatic carbocycles. The number of hydrogen-bond acceptors (Lipinski definition) is 9. The molecule has 4 N–H and O–H groups in total. The molecule has 3 fully saturated rings. The maximum atomic E-state index is 14.7. The highest BCUT2D eigenvalue weighted by molar-refractivity contribution is 7.91. The van der Waals surface area contributed by atoms with E-state index < -0.39 is 80.2 Å². The number of hydrogen-bond donors (Lipinski definition) is 4. The van der Waals surface area contributed by atoms with Crippen LogP contribution in [0.3, 0.4) is 0 Å². The third-order valence-electron chi connectivity index (χ3n) is 10.3. The van der Waals surface area contributed by atoms with Crippen molar-refractivity contribution in [3.05, 3.63) is 42.4 Å². The molecule has 7 atom stereocenters. The van der Waals surface area contributed by atoms with Gasteiger partial charge >= 0.3 is 6.09 Å². The number of ether oxygens (including phenoxy) is 2. The fourth-order valence-electron chi connectivity index (χ4n) is 7.20. The van der Waals surface area contributed by atoms with Gasteiger partial charge in [-0.25, -0.2) is 31.7 Å². The smallest absolute Gasteiger partial charge is 0.405 e. The Hall–Kier alpha value is -4.54. The van der Waals surface area contributed by atoms with Crippen LogP contribution < -0.4 is 24.8 Å². The van der Waals surface area contributed by atoms with E-state index in [-0.39, 0.29) is 49.4 Å². The van der Waals surface area contributed by atoms with Gasteiger partial charge in [0, 0.05) is 30.6 Å². The van der Waals surface area contributed by atoms with E-state index >= 15 is 0 Å². The van der Waals surface area contributed by atoms with E-state index in [1.807, 2.05) is 17.7 Å². The number of carboxylic acid groups (broad SMARTS) is 1. The first kappa shape index (κ1) is 36.3. The topological polar surface area (TPSA) is 193 Å². The Morgan fingerprint density at radius 3 is 2.59 bits per heavy atom. The molecular weight excluding hydrogens is 692 g/mol. The van der Waals surface area contributed by atoms with Gasteiger partial charge in [0.1, 0.15) is 35.3 Å². The number of methoxy groups -OCH3 is 1. The fraction of sp³-hybridized carbons (Fsp3) is 0.559. The molecule has 3 heterocycles. The minimum atomic E-state index is -4.69. The van der Waals surface area contributed by atoms with E-state index in [1.165, 1.54) is 36.4 Å². The second kappa shape index (κ2) is 13.5. The Kier molecular flexibility index (Phi) is 9.63. The molecule has 1 saturated heterocycles. The van der Waals surface area contributed by atoms with Crippen molar-refractivity contribution >= 4 is 44.6 Å². The number of sulfonamides is 1. The van der Waals surface area contributed by atoms with Crippen LogP contribution in [0.15, 0.2) is 36.5 Å². The van der Waals surface area contributed by atoms with Gasteiger partial charge in [-0.15, -0.1) is 0 Å². The lowest BCUT2D eigenvalue weighted by Crippen LogP contribution is -2.59. The average molecular weight is 734 g/mol. The van der Waals surface area contributed by atoms with Crippen molar-refractivity contribution < 1.29 is 51.0 Å². The molecule has 17 heteroatoms. The van der Waals surface area contributed by atoms with Crippen molar-refractivity contribution in [1.29, 1.82) is 0 Å². The van der Waals surface area contributed by atoms with Crippen LogP contribution in [0.25, 0.3) is 10.8 Å². The summed E-state index contributed by atoms with van der Waals surface area (Å²) in [6.07, 6.45) is 3.68. The molecule has 2 saturated carbocycles. The minimum absolute atomic E-state index is 0.00183. The second-order valence-electron chi connectivity index (χ2n) is 14.1. The zero-order valence-corrected chi connectivity index (χ0v) is 29.2. The van der Waals surface area contributed by atoms with E-state index in [4.69, 9.17) is 9.47 Å². The number of benzene rings is 1. The number of alkyl halides is 1. The maximum Gasteiger partial charge on any atom is 0.405 e. The predicted molar refractivity (Wildman–Crippen MR) is 178 cm³/mol. The molecule has 4 amide bonds. The van der Waals surface area contributed by atoms with Crippen LogP contribution >= 0.6 is 0 Å². The third-order valence-corrected chi connectivity index (χ3v) is 12.1. The fourth-order valence-corrected chi connectivity index (χ4v) is 8.45. The van der Waals surface area contributed by atoms with E-state index in [1.54, 1.807) is 13.0 Å². The highest BCUT2D eigenvalue weighted by Crippen LogP contribution is 2.48. The maximum absolute atomic E-state index is 14.7. The highest BCUT2D eigenvalue weighted by atomic mass is 32.2. The Morgan fingerprint density at radius 1 is 1.16 bits per heavy atom. The molecule has 2 unspecified atom stereocenters. The lowest BCUT2D eigenvalue weighted by Gasteiger charge is -2.32. The number of carbonyl (C=O) groups is 4. The summed E-state index contributed by atoms with van der Waals surface area (Å²) < 4.78 is 67.8. The second-order valence-corrected chi connectivity index (χ2v) is 16.1. The lowest BCUT2D eigenvalue weighted by atomic mass is 9.88. The summed E-state index contributed by atoms with van der Waals surface area (Å²) >= 11 is 0. The Bertz CT molecular complexity index is 1890. The number of nitrogens with one attached hydrogen (secondary N) is 3. The first-order valence-electron chi connectivity index (χ1n) is 16.9. The molecule has 6 rings (SSSR count). The zero-order valence-electron chi connectivity index (χ0n) is 28.4. The molecule has 4 aliphatic rings. The van der Waals surface area contributed by atoms with Gasteiger partial charge in [-0.1, -0.05) is 26.0 Å². The van der Waals surface area contributed by atoms with Gasteiger partial charge in [-0.2, -0.15) is 0 Å². The largest absolute Gasteiger partial charge is 0.494 e. The lowest BCUT2D eigenvalue weighted by molar-refractivity contribution is -0.142. The Labute approximate surface area is 293 Å². The monoisotopic (exact) mass is 733 g/mol. The van der Waals surface area contributed by atoms with Crippen LogP contribution in [-0.4, -0.2) is 89.6 Å². The number of halogens is 2. The molecule has 276 valence electrons. The van der Waals surface area contributed by atoms with E-state index in [2.05, 4.69) is 15.6 Å². The number of amides is 4. The molecule has 14 nitrogen and oxygen atoms in total. The number of allylic oxidation sites excluding steroid dienone is 1. The van der Waals surface area contributed by atoms with E-state index in [9.17, 15) is 41.5 Å². The molecule has 0 bridgehead atoms. The van der Waals surface area contributed by atoms with Gasteiger partial charge in [-0.05, 0) is 55.7 Å². The van der Waals surface area contributed by atoms with Gasteiger partial charge in [-0.3, -0.25) is 14.4 Å². The van der Waals surface area contributed by atoms with Gasteiger partial charge < -0.3 is 30.1 Å². The summed E-state index contributed by atoms with van der Waals surface area (Å²) in [6.45, 7) is 3.51. The van der Waals surface area contributed by atoms with Crippen LogP contribution in [0.1, 0.15) is 58.8 Å². The minimum Gasteiger partial charge on any atom is -0.494 e. The molecule has 2 aliphatic heterocycles. The number of aromatic nitrogens is 1. The number of carbonyl (C=O) groups excluding carboxylic acids is 3. The number of pyridine rings is 1. The molecule has 1 aromatic heterocycles. The van der Waals surface area contributed by atoms with Crippen LogP contribution in [-0.2, 0) is 24.4 Å². The van der Waals surface area contributed by atoms with E-state index in [0.29, 0.717) is 30.4 Å². The Balaban J connectivity index is 1.35. The molecule has 51 heavy (non-hydrogen) atoms. The molecular formula is C34H41F2N5O9S. The highest BCUT2D eigenvalue weighted by Gasteiger charge is 2.64. The number of nitrogens with zero attached hydrogens (tertiary/aromatic N) is 2. The Morgan fingerprint density at radius 2 is 1.90 bits per heavy atom. The summed E-state index contributed by atoms with van der Waals surface area (Å²) in [5.74, 6) is -3.86. The normalized spacial score (nSPS) is 31.2. The standard InChI is InChI=1S/C34H41F2N5O9S/c1-18-6-4-5-7-20-15-34(20,31(44)40-51(47,48)33(36)10-11-33)39-28(42)25-14-22(17-41(25)30(43)27(19(2)12-18)38-32(45)46)50-29-24-13-21(35)8-9-23(24)26(49-3)16-37-29/h5,7-9,13,16,18-20,22,25,27,38H,4,6,10-12,14-15,17H2,1-3H3,(H,39,42)(H,40,44)(H,45,46)/b7-5-/t18-,19+,20?,22+,25-,27-,34?/m0/s1. The van der Waals surface area contributed by atoms with Crippen LogP contribution in [0.5, 0.6) is 11.6 Å². The van der Waals surface area contributed by atoms with Gasteiger partial charge in [0.25, 0.3) is 15.9 Å². The SMILES string of the molecule is COc1cnc(O[C@@H]2C[C@H]3C(=O)NC4(C(=O)NS(=O)(=O)C5(F)CC5)CC4/C=C\CC[C@H](C)C[C@@H](C)[C@H](NC(=O)O)C(=O)N3C2)c2cc(F)ccc12. The summed E-state index contributed by atoms with van der Waals surface area (Å²) in [6, 6.07) is 1.40. The molecule has 2 aromatic rings. The number of fused-ring (bicyclic) bond motifs is 3. The van der Waals surface area contributed by atoms with Gasteiger partial charge in [0.05, 0.1) is 25.2 Å². The summed E-state index contributed by atoms with van der Waals surface area (Å²) in [7, 11) is -3.26. The third kappa shape index (κ3) is 7.17. The quantitative estimate of drug-likeness (QED) is 0.307. The first-order valence-corrected chi connectivity index (χ1v) is 18.4. The average Bonchev–Trinajstić information content (AvgIpc) is 3.95. The predicted octanol–water partition coefficient (Wildman–Crippen LogP) is 3.16. The molecule has 2 aliphatic carbocycles. The van der Waals surface area contributed by atoms with Crippen molar-refractivity contribution in [2.75, 3.05) is 13.7 Å². The number of rotatable bonds is 7. The van der Waals surface area contributed by atoms with Crippen molar-refractivity contribution in [1.82, 2.24) is 25.2 Å². The van der Waals surface area contributed by atoms with Crippen LogP contribution in [0.4, 0.5) is 13.6 Å². The summed E-state index contributed by atoms with van der Waals surface area (Å²) in [5.41, 5.74) is -1.75. The van der Waals surface area contributed by atoms with Gasteiger partial charge in [0.2, 0.25) is 22.7 Å². The summed E-state index contributed by atoms with van der Waals surface area (Å²) in [4.78, 5) is 59.5. The van der Waals surface area contributed by atoms with Crippen LogP contribution in [0.2, 0.25) is 0 Å². The van der Waals surface area contributed by atoms with E-state index in [0.717, 1.165) is 0 Å². The molecule has 0 radical (unpaired) electrons. The molecule has 0 spiro atoms. The van der Waals surface area contributed by atoms with Gasteiger partial charge in [0.15, 0.2) is 0 Å². The van der Waals surface area contributed by atoms with Crippen molar-refractivity contribution in [3.8, 4) is 11.6 Å².